The standard InChI is InChI=1S/C27H36O11/c1-25-7-5-13(28)9-12(25)3-4-14-15-6-8-27(36,26(15,2)10-16(29)18(14)25)17(30)11-37-24-21(33)19(31)20(32)22(38-24)23(34)35/h5,7,9,14-16,18-22,24,29,31-33,36H,3-4,6,8,10-11H2,1-2H3,(H,34,35)/t14?,15?,16?,18?,19-,20-,21+,22?,24+,25?,26?,27+/m1/s1. The number of aliphatic carboxylic acids is 1. The number of Topliss-reactive ketones (excluding diaryl/α,β-unsaturated/α-hetero) is 1. The van der Waals surface area contributed by atoms with E-state index in [2.05, 4.69) is 0 Å². The maximum absolute atomic E-state index is 13.5. The van der Waals surface area contributed by atoms with E-state index in [1.807, 2.05) is 19.9 Å². The van der Waals surface area contributed by atoms with Crippen LogP contribution < -0.4 is 0 Å². The summed E-state index contributed by atoms with van der Waals surface area (Å²) in [7, 11) is 0. The summed E-state index contributed by atoms with van der Waals surface area (Å²) < 4.78 is 10.4. The number of hydrogen-bond acceptors (Lipinski definition) is 10. The molecule has 0 spiro atoms. The van der Waals surface area contributed by atoms with Gasteiger partial charge in [0.1, 0.15) is 30.5 Å². The minimum absolute atomic E-state index is 0.0166. The molecule has 5 aliphatic rings. The summed E-state index contributed by atoms with van der Waals surface area (Å²) >= 11 is 0. The van der Waals surface area contributed by atoms with Crippen molar-refractivity contribution in [3.05, 3.63) is 23.8 Å². The zero-order valence-corrected chi connectivity index (χ0v) is 21.4. The van der Waals surface area contributed by atoms with Gasteiger partial charge < -0.3 is 40.1 Å². The molecule has 1 saturated heterocycles. The van der Waals surface area contributed by atoms with E-state index in [-0.39, 0.29) is 36.4 Å². The predicted molar refractivity (Wildman–Crippen MR) is 128 cm³/mol. The molecule has 0 bridgehead atoms. The molecular weight excluding hydrogens is 500 g/mol. The molecule has 0 radical (unpaired) electrons. The first-order valence-corrected chi connectivity index (χ1v) is 13.2. The Hall–Kier alpha value is -1.99. The number of rotatable bonds is 5. The van der Waals surface area contributed by atoms with Crippen molar-refractivity contribution in [2.24, 2.45) is 28.6 Å². The fourth-order valence-electron chi connectivity index (χ4n) is 8.26. The Morgan fingerprint density at radius 2 is 1.82 bits per heavy atom. The highest BCUT2D eigenvalue weighted by atomic mass is 16.7. The van der Waals surface area contributed by atoms with Gasteiger partial charge in [-0.25, -0.2) is 4.79 Å². The van der Waals surface area contributed by atoms with Gasteiger partial charge in [-0.3, -0.25) is 9.59 Å². The van der Waals surface area contributed by atoms with Gasteiger partial charge in [-0.1, -0.05) is 25.5 Å². The number of carboxylic acid groups (broad SMARTS) is 1. The molecule has 38 heavy (non-hydrogen) atoms. The molecule has 0 aromatic rings. The van der Waals surface area contributed by atoms with Crippen LogP contribution in [0.2, 0.25) is 0 Å². The highest BCUT2D eigenvalue weighted by Gasteiger charge is 2.68. The Balaban J connectivity index is 1.34. The number of ketones is 2. The molecule has 4 fully saturated rings. The first kappa shape index (κ1) is 27.6. The molecule has 5 rings (SSSR count). The van der Waals surface area contributed by atoms with Crippen LogP contribution in [0.15, 0.2) is 23.8 Å². The molecule has 4 aliphatic carbocycles. The molecule has 11 heteroatoms. The zero-order valence-electron chi connectivity index (χ0n) is 21.4. The average molecular weight is 537 g/mol. The second kappa shape index (κ2) is 9.29. The van der Waals surface area contributed by atoms with Gasteiger partial charge in [0, 0.05) is 16.7 Å². The Labute approximate surface area is 219 Å². The van der Waals surface area contributed by atoms with Crippen LogP contribution in [0.25, 0.3) is 0 Å². The van der Waals surface area contributed by atoms with Crippen molar-refractivity contribution in [3.8, 4) is 0 Å². The number of ether oxygens (including phenoxy) is 2. The van der Waals surface area contributed by atoms with E-state index in [1.54, 1.807) is 12.2 Å². The van der Waals surface area contributed by atoms with Gasteiger partial charge in [-0.05, 0) is 56.1 Å². The fourth-order valence-corrected chi connectivity index (χ4v) is 8.26. The molecule has 1 heterocycles. The smallest absolute Gasteiger partial charge is 0.335 e. The van der Waals surface area contributed by atoms with Crippen LogP contribution in [0.3, 0.4) is 0 Å². The first-order chi connectivity index (χ1) is 17.7. The number of carbonyl (C=O) groups is 3. The summed E-state index contributed by atoms with van der Waals surface area (Å²) in [6.07, 6.45) is -2.60. The summed E-state index contributed by atoms with van der Waals surface area (Å²) in [6, 6.07) is 0. The van der Waals surface area contributed by atoms with Crippen LogP contribution in [0.4, 0.5) is 0 Å². The summed E-state index contributed by atoms with van der Waals surface area (Å²) in [6.45, 7) is 3.12. The van der Waals surface area contributed by atoms with Crippen molar-refractivity contribution >= 4 is 17.5 Å². The monoisotopic (exact) mass is 536 g/mol. The van der Waals surface area contributed by atoms with E-state index in [9.17, 15) is 45.0 Å². The topological polar surface area (TPSA) is 191 Å². The van der Waals surface area contributed by atoms with E-state index < -0.39 is 71.6 Å². The van der Waals surface area contributed by atoms with Gasteiger partial charge in [0.05, 0.1) is 6.10 Å². The van der Waals surface area contributed by atoms with Gasteiger partial charge in [-0.15, -0.1) is 0 Å². The Morgan fingerprint density at radius 1 is 1.11 bits per heavy atom. The van der Waals surface area contributed by atoms with Gasteiger partial charge >= 0.3 is 5.97 Å². The second-order valence-electron chi connectivity index (χ2n) is 12.1. The molecule has 12 atom stereocenters. The highest BCUT2D eigenvalue weighted by molar-refractivity contribution is 6.01. The molecule has 7 unspecified atom stereocenters. The molecule has 1 aliphatic heterocycles. The second-order valence-corrected chi connectivity index (χ2v) is 12.1. The van der Waals surface area contributed by atoms with Crippen molar-refractivity contribution in [2.45, 2.75) is 88.4 Å². The van der Waals surface area contributed by atoms with Crippen LogP contribution in [0.5, 0.6) is 0 Å². The summed E-state index contributed by atoms with van der Waals surface area (Å²) in [4.78, 5) is 36.8. The van der Waals surface area contributed by atoms with Crippen LogP contribution in [0, 0.1) is 28.6 Å². The number of hydrogen-bond donors (Lipinski definition) is 6. The quantitative estimate of drug-likeness (QED) is 0.265. The Kier molecular flexibility index (Phi) is 6.74. The van der Waals surface area contributed by atoms with Crippen LogP contribution >= 0.6 is 0 Å². The number of allylic oxidation sites excluding steroid dienone is 4. The number of aliphatic hydroxyl groups is 5. The minimum atomic E-state index is -1.89. The lowest BCUT2D eigenvalue weighted by Crippen LogP contribution is -2.62. The lowest BCUT2D eigenvalue weighted by atomic mass is 9.46. The van der Waals surface area contributed by atoms with Gasteiger partial charge in [-0.2, -0.15) is 0 Å². The molecule has 210 valence electrons. The molecule has 0 aromatic heterocycles. The number of fused-ring (bicyclic) bond motifs is 5. The van der Waals surface area contributed by atoms with E-state index >= 15 is 0 Å². The third-order valence-electron chi connectivity index (χ3n) is 10.3. The highest BCUT2D eigenvalue weighted by Crippen LogP contribution is 2.67. The normalized spacial score (nSPS) is 50.0. The van der Waals surface area contributed by atoms with Crippen molar-refractivity contribution < 1.29 is 54.5 Å². The van der Waals surface area contributed by atoms with Crippen molar-refractivity contribution in [1.29, 1.82) is 0 Å². The summed E-state index contributed by atoms with van der Waals surface area (Å²) in [5.41, 5.74) is -2.29. The predicted octanol–water partition coefficient (Wildman–Crippen LogP) is -0.526. The Morgan fingerprint density at radius 3 is 2.50 bits per heavy atom. The third-order valence-corrected chi connectivity index (χ3v) is 10.3. The molecule has 6 N–H and O–H groups in total. The summed E-state index contributed by atoms with van der Waals surface area (Å²) in [5, 5.41) is 62.5. The number of aliphatic hydroxyl groups excluding tert-OH is 4. The van der Waals surface area contributed by atoms with Crippen LogP contribution in [-0.4, -0.2) is 97.2 Å². The van der Waals surface area contributed by atoms with E-state index in [4.69, 9.17) is 9.47 Å². The van der Waals surface area contributed by atoms with Crippen LogP contribution in [0.1, 0.15) is 46.0 Å². The third kappa shape index (κ3) is 3.86. The van der Waals surface area contributed by atoms with Gasteiger partial charge in [0.2, 0.25) is 0 Å². The molecule has 3 saturated carbocycles. The van der Waals surface area contributed by atoms with Gasteiger partial charge in [0.15, 0.2) is 24.0 Å². The van der Waals surface area contributed by atoms with Crippen molar-refractivity contribution in [1.82, 2.24) is 0 Å². The number of carbonyl (C=O) groups excluding carboxylic acids is 2. The number of carboxylic acids is 1. The largest absolute Gasteiger partial charge is 0.479 e. The zero-order chi connectivity index (χ0) is 27.8. The van der Waals surface area contributed by atoms with Crippen molar-refractivity contribution in [3.63, 3.8) is 0 Å². The average Bonchev–Trinajstić information content (AvgIpc) is 3.13. The maximum Gasteiger partial charge on any atom is 0.335 e. The maximum atomic E-state index is 13.5. The lowest BCUT2D eigenvalue weighted by molar-refractivity contribution is -0.293. The van der Waals surface area contributed by atoms with E-state index in [0.717, 1.165) is 12.0 Å². The van der Waals surface area contributed by atoms with E-state index in [0.29, 0.717) is 12.8 Å². The molecule has 0 aromatic carbocycles. The van der Waals surface area contributed by atoms with Crippen molar-refractivity contribution in [2.75, 3.05) is 6.61 Å². The Bertz CT molecular complexity index is 1080. The fraction of sp³-hybridized carbons (Fsp3) is 0.741. The molecule has 0 amide bonds. The molecule has 11 nitrogen and oxygen atoms in total. The van der Waals surface area contributed by atoms with Crippen LogP contribution in [-0.2, 0) is 23.9 Å². The lowest BCUT2D eigenvalue weighted by Gasteiger charge is -2.59. The summed E-state index contributed by atoms with van der Waals surface area (Å²) in [5.74, 6) is -2.54. The minimum Gasteiger partial charge on any atom is -0.479 e. The SMILES string of the molecule is CC12C=CC(=O)C=C1CCC1C2C(O)CC2(C)C1CC[C@]2(O)C(=O)CO[C@H]1OC(C(=O)O)[C@H](O)[C@@H](O)[C@@H]1O. The molecular formula is C27H36O11. The van der Waals surface area contributed by atoms with Gasteiger partial charge in [0.25, 0.3) is 0 Å². The van der Waals surface area contributed by atoms with E-state index in [1.165, 1.54) is 0 Å². The first-order valence-electron chi connectivity index (χ1n) is 13.2.